The van der Waals surface area contributed by atoms with Crippen molar-refractivity contribution < 1.29 is 23.0 Å². The minimum atomic E-state index is -4.71. The third-order valence-corrected chi connectivity index (χ3v) is 3.36. The highest BCUT2D eigenvalue weighted by Gasteiger charge is 2.31. The fourth-order valence-electron chi connectivity index (χ4n) is 2.49. The summed E-state index contributed by atoms with van der Waals surface area (Å²) < 4.78 is 40.2. The summed E-state index contributed by atoms with van der Waals surface area (Å²) in [6.45, 7) is 3.64. The van der Waals surface area contributed by atoms with Crippen molar-refractivity contribution in [2.45, 2.75) is 26.3 Å². The van der Waals surface area contributed by atoms with E-state index in [1.54, 1.807) is 12.1 Å². The van der Waals surface area contributed by atoms with Gasteiger partial charge in [0.05, 0.1) is 6.04 Å². The number of aromatic hydroxyl groups is 1. The van der Waals surface area contributed by atoms with Crippen LogP contribution in [0.4, 0.5) is 13.2 Å². The maximum Gasteiger partial charge on any atom is 0.573 e. The Balaban J connectivity index is 2.29. The van der Waals surface area contributed by atoms with E-state index in [-0.39, 0.29) is 11.5 Å². The molecule has 22 heavy (non-hydrogen) atoms. The van der Waals surface area contributed by atoms with Gasteiger partial charge in [-0.25, -0.2) is 0 Å². The molecule has 0 spiro atoms. The minimum absolute atomic E-state index is 0.153. The molecule has 6 heteroatoms. The quantitative estimate of drug-likeness (QED) is 0.902. The van der Waals surface area contributed by atoms with Gasteiger partial charge >= 0.3 is 6.36 Å². The monoisotopic (exact) mass is 311 g/mol. The summed E-state index contributed by atoms with van der Waals surface area (Å²) in [6.07, 6.45) is -4.71. The van der Waals surface area contributed by atoms with Crippen molar-refractivity contribution in [1.29, 1.82) is 0 Å². The molecule has 3 nitrogen and oxygen atoms in total. The number of benzene rings is 2. The van der Waals surface area contributed by atoms with Gasteiger partial charge in [-0.3, -0.25) is 0 Å². The van der Waals surface area contributed by atoms with Crippen LogP contribution in [0.15, 0.2) is 36.4 Å². The summed E-state index contributed by atoms with van der Waals surface area (Å²) in [7, 11) is 0. The highest BCUT2D eigenvalue weighted by molar-refractivity contribution is 5.46. The molecular formula is C16H16F3NO2. The minimum Gasteiger partial charge on any atom is -0.508 e. The van der Waals surface area contributed by atoms with Crippen LogP contribution in [0.5, 0.6) is 11.5 Å². The van der Waals surface area contributed by atoms with Crippen LogP contribution in [0, 0.1) is 13.8 Å². The highest BCUT2D eigenvalue weighted by atomic mass is 19.4. The van der Waals surface area contributed by atoms with E-state index >= 15 is 0 Å². The lowest BCUT2D eigenvalue weighted by Gasteiger charge is -2.19. The number of aryl methyl sites for hydroxylation is 2. The van der Waals surface area contributed by atoms with Crippen molar-refractivity contribution in [3.05, 3.63) is 58.7 Å². The molecule has 0 aliphatic carbocycles. The molecule has 1 atom stereocenters. The maximum absolute atomic E-state index is 12.1. The lowest BCUT2D eigenvalue weighted by molar-refractivity contribution is -0.274. The van der Waals surface area contributed by atoms with E-state index in [4.69, 9.17) is 5.73 Å². The molecule has 118 valence electrons. The Hall–Kier alpha value is -2.21. The first-order chi connectivity index (χ1) is 10.2. The number of phenolic OH excluding ortho intramolecular Hbond substituents is 1. The molecule has 0 unspecified atom stereocenters. The molecule has 2 rings (SSSR count). The van der Waals surface area contributed by atoms with Crippen LogP contribution in [-0.4, -0.2) is 11.5 Å². The summed E-state index contributed by atoms with van der Waals surface area (Å²) in [6, 6.07) is 8.16. The van der Waals surface area contributed by atoms with Crippen LogP contribution in [0.2, 0.25) is 0 Å². The first-order valence-corrected chi connectivity index (χ1v) is 6.59. The number of phenols is 1. The topological polar surface area (TPSA) is 55.5 Å². The molecule has 0 heterocycles. The van der Waals surface area contributed by atoms with Crippen molar-refractivity contribution in [1.82, 2.24) is 0 Å². The fourth-order valence-corrected chi connectivity index (χ4v) is 2.49. The Bertz CT molecular complexity index is 643. The number of hydrogen-bond acceptors (Lipinski definition) is 3. The molecule has 2 aromatic carbocycles. The zero-order valence-electron chi connectivity index (χ0n) is 12.1. The van der Waals surface area contributed by atoms with E-state index in [1.807, 2.05) is 13.8 Å². The van der Waals surface area contributed by atoms with Crippen LogP contribution >= 0.6 is 0 Å². The average Bonchev–Trinajstić information content (AvgIpc) is 2.36. The van der Waals surface area contributed by atoms with Gasteiger partial charge in [0, 0.05) is 0 Å². The predicted molar refractivity (Wildman–Crippen MR) is 76.7 cm³/mol. The number of alkyl halides is 3. The maximum atomic E-state index is 12.1. The lowest BCUT2D eigenvalue weighted by Crippen LogP contribution is -2.17. The second kappa shape index (κ2) is 5.88. The molecule has 0 aliphatic heterocycles. The van der Waals surface area contributed by atoms with Gasteiger partial charge in [0.25, 0.3) is 0 Å². The molecule has 0 amide bonds. The van der Waals surface area contributed by atoms with Crippen molar-refractivity contribution in [2.24, 2.45) is 5.73 Å². The smallest absolute Gasteiger partial charge is 0.508 e. The molecular weight excluding hydrogens is 295 g/mol. The van der Waals surface area contributed by atoms with Gasteiger partial charge in [-0.1, -0.05) is 12.1 Å². The summed E-state index contributed by atoms with van der Waals surface area (Å²) >= 11 is 0. The molecule has 3 N–H and O–H groups in total. The molecule has 0 saturated carbocycles. The van der Waals surface area contributed by atoms with Gasteiger partial charge in [-0.2, -0.15) is 0 Å². The molecule has 2 aromatic rings. The number of rotatable bonds is 3. The second-order valence-electron chi connectivity index (χ2n) is 5.09. The Morgan fingerprint density at radius 3 is 2.00 bits per heavy atom. The Morgan fingerprint density at radius 2 is 1.55 bits per heavy atom. The van der Waals surface area contributed by atoms with Crippen LogP contribution in [-0.2, 0) is 0 Å². The van der Waals surface area contributed by atoms with Crippen LogP contribution in [0.1, 0.15) is 28.3 Å². The first-order valence-electron chi connectivity index (χ1n) is 6.59. The Morgan fingerprint density at radius 1 is 1.05 bits per heavy atom. The van der Waals surface area contributed by atoms with E-state index in [1.165, 1.54) is 24.3 Å². The predicted octanol–water partition coefficient (Wildman–Crippen LogP) is 3.96. The zero-order chi connectivity index (χ0) is 16.5. The Labute approximate surface area is 126 Å². The molecule has 0 saturated heterocycles. The summed E-state index contributed by atoms with van der Waals surface area (Å²) in [5.41, 5.74) is 9.33. The first kappa shape index (κ1) is 16.2. The fraction of sp³-hybridized carbons (Fsp3) is 0.250. The summed E-state index contributed by atoms with van der Waals surface area (Å²) in [4.78, 5) is 0. The van der Waals surface area contributed by atoms with Gasteiger partial charge < -0.3 is 15.6 Å². The highest BCUT2D eigenvalue weighted by Crippen LogP contribution is 2.30. The lowest BCUT2D eigenvalue weighted by atomic mass is 9.91. The van der Waals surface area contributed by atoms with Crippen LogP contribution in [0.3, 0.4) is 0 Å². The SMILES string of the molecule is Cc1cc(O)cc(C)c1[C@H](N)c1ccc(OC(F)(F)F)cc1. The summed E-state index contributed by atoms with van der Waals surface area (Å²) in [5, 5.41) is 9.55. The molecule has 0 aliphatic rings. The third kappa shape index (κ3) is 3.71. The standard InChI is InChI=1S/C16H16F3NO2/c1-9-7-12(21)8-10(2)14(9)15(20)11-3-5-13(6-4-11)22-16(17,18)19/h3-8,15,21H,20H2,1-2H3/t15-/m1/s1. The molecule has 0 fully saturated rings. The van der Waals surface area contributed by atoms with E-state index in [0.717, 1.165) is 16.7 Å². The Kier molecular flexibility index (Phi) is 4.32. The van der Waals surface area contributed by atoms with Gasteiger partial charge in [0.1, 0.15) is 11.5 Å². The van der Waals surface area contributed by atoms with E-state index in [0.29, 0.717) is 5.56 Å². The van der Waals surface area contributed by atoms with Crippen LogP contribution in [0.25, 0.3) is 0 Å². The number of hydrogen-bond donors (Lipinski definition) is 2. The van der Waals surface area contributed by atoms with E-state index in [2.05, 4.69) is 4.74 Å². The molecule has 0 radical (unpaired) electrons. The van der Waals surface area contributed by atoms with Gasteiger partial charge in [0.15, 0.2) is 0 Å². The second-order valence-corrected chi connectivity index (χ2v) is 5.09. The normalized spacial score (nSPS) is 13.0. The van der Waals surface area contributed by atoms with Gasteiger partial charge in [-0.05, 0) is 60.4 Å². The van der Waals surface area contributed by atoms with Crippen molar-refractivity contribution in [3.63, 3.8) is 0 Å². The van der Waals surface area contributed by atoms with Crippen molar-refractivity contribution in [2.75, 3.05) is 0 Å². The van der Waals surface area contributed by atoms with E-state index in [9.17, 15) is 18.3 Å². The number of ether oxygens (including phenoxy) is 1. The number of nitrogens with two attached hydrogens (primary N) is 1. The van der Waals surface area contributed by atoms with Gasteiger partial charge in [0.2, 0.25) is 0 Å². The van der Waals surface area contributed by atoms with Gasteiger partial charge in [-0.15, -0.1) is 13.2 Å². The van der Waals surface area contributed by atoms with Crippen molar-refractivity contribution in [3.8, 4) is 11.5 Å². The molecule has 0 aromatic heterocycles. The average molecular weight is 311 g/mol. The zero-order valence-corrected chi connectivity index (χ0v) is 12.1. The largest absolute Gasteiger partial charge is 0.573 e. The number of halogens is 3. The third-order valence-electron chi connectivity index (χ3n) is 3.36. The van der Waals surface area contributed by atoms with E-state index < -0.39 is 12.4 Å². The van der Waals surface area contributed by atoms with Crippen molar-refractivity contribution >= 4 is 0 Å². The summed E-state index contributed by atoms with van der Waals surface area (Å²) in [5.74, 6) is -0.137. The van der Waals surface area contributed by atoms with Crippen LogP contribution < -0.4 is 10.5 Å². The molecule has 0 bridgehead atoms.